The van der Waals surface area contributed by atoms with E-state index in [1.54, 1.807) is 9.80 Å². The number of imidazole rings is 1. The first-order chi connectivity index (χ1) is 21.4. The monoisotopic (exact) mass is 649 g/mol. The minimum absolute atomic E-state index is 0.0884. The van der Waals surface area contributed by atoms with Crippen molar-refractivity contribution >= 4 is 35.5 Å². The lowest BCUT2D eigenvalue weighted by atomic mass is 10.0. The molecule has 2 aliphatic rings. The van der Waals surface area contributed by atoms with E-state index in [1.165, 1.54) is 72.6 Å². The van der Waals surface area contributed by atoms with Crippen molar-refractivity contribution in [2.75, 3.05) is 31.5 Å². The van der Waals surface area contributed by atoms with Crippen molar-refractivity contribution in [1.29, 1.82) is 0 Å². The fourth-order valence-electron chi connectivity index (χ4n) is 5.09. The number of anilines is 1. The molecule has 1 saturated heterocycles. The molecule has 1 saturated carbocycles. The van der Waals surface area contributed by atoms with Crippen LogP contribution in [0.2, 0.25) is 5.02 Å². The van der Waals surface area contributed by atoms with Gasteiger partial charge in [0.05, 0.1) is 28.0 Å². The molecule has 1 N–H and O–H groups in total. The van der Waals surface area contributed by atoms with E-state index < -0.39 is 17.8 Å². The highest BCUT2D eigenvalue weighted by Gasteiger charge is 2.38. The van der Waals surface area contributed by atoms with Gasteiger partial charge in [0.1, 0.15) is 0 Å². The van der Waals surface area contributed by atoms with Gasteiger partial charge in [0.15, 0.2) is 11.5 Å². The Hall–Kier alpha value is -3.87. The van der Waals surface area contributed by atoms with Crippen LogP contribution in [-0.4, -0.2) is 73.5 Å². The van der Waals surface area contributed by atoms with Crippen LogP contribution in [0.25, 0.3) is 11.3 Å². The minimum atomic E-state index is -4.70. The summed E-state index contributed by atoms with van der Waals surface area (Å²) in [6, 6.07) is 4.41. The zero-order chi connectivity index (χ0) is 32.7. The first-order valence-electron chi connectivity index (χ1n) is 15.2. The number of rotatable bonds is 9. The van der Waals surface area contributed by atoms with Crippen LogP contribution in [0.3, 0.4) is 0 Å². The van der Waals surface area contributed by atoms with Crippen molar-refractivity contribution in [3.05, 3.63) is 52.7 Å². The van der Waals surface area contributed by atoms with Gasteiger partial charge in [-0.2, -0.15) is 18.3 Å². The van der Waals surface area contributed by atoms with Crippen molar-refractivity contribution in [3.63, 3.8) is 0 Å². The number of benzene rings is 1. The Morgan fingerprint density at radius 2 is 1.78 bits per heavy atom. The maximum absolute atomic E-state index is 13.9. The lowest BCUT2D eigenvalue weighted by molar-refractivity contribution is -0.141. The molecule has 2 fully saturated rings. The molecule has 0 radical (unpaired) electrons. The van der Waals surface area contributed by atoms with Gasteiger partial charge in [-0.05, 0) is 30.5 Å². The standard InChI is InChI=1S/C27H31ClF3N7O3.C4H8/c1-4-5-17(2)14-38-15-20(23(34-38)27(29,30)31)22-13-32-24(35(22)3)25(40)33-18-6-7-19(21(28)12-18)26(41)37-10-8-36(16-39)9-11-37;1-2-4-3-1/h6-7,12-13,15-17H,4-5,8-11,14H2,1-3H3,(H,33,40);1-4H2. The Labute approximate surface area is 265 Å². The molecule has 244 valence electrons. The van der Waals surface area contributed by atoms with E-state index in [-0.39, 0.29) is 45.2 Å². The van der Waals surface area contributed by atoms with E-state index in [2.05, 4.69) is 15.4 Å². The lowest BCUT2D eigenvalue weighted by Crippen LogP contribution is -2.48. The summed E-state index contributed by atoms with van der Waals surface area (Å²) in [5.41, 5.74) is -0.606. The molecular formula is C31H39ClF3N7O3. The number of hydrogen-bond acceptors (Lipinski definition) is 5. The van der Waals surface area contributed by atoms with Gasteiger partial charge in [-0.25, -0.2) is 4.98 Å². The Morgan fingerprint density at radius 3 is 2.33 bits per heavy atom. The number of halogens is 4. The van der Waals surface area contributed by atoms with Gasteiger partial charge in [0, 0.05) is 51.7 Å². The predicted octanol–water partition coefficient (Wildman–Crippen LogP) is 6.12. The average molecular weight is 650 g/mol. The number of amides is 3. The van der Waals surface area contributed by atoms with E-state index >= 15 is 0 Å². The highest BCUT2D eigenvalue weighted by Crippen LogP contribution is 2.36. The Balaban J connectivity index is 0.00000107. The van der Waals surface area contributed by atoms with E-state index in [0.29, 0.717) is 32.7 Å². The van der Waals surface area contributed by atoms with Gasteiger partial charge in [0.25, 0.3) is 11.8 Å². The largest absolute Gasteiger partial charge is 0.435 e. The summed E-state index contributed by atoms with van der Waals surface area (Å²) in [5, 5.41) is 6.55. The van der Waals surface area contributed by atoms with Crippen LogP contribution in [0, 0.1) is 5.92 Å². The summed E-state index contributed by atoms with van der Waals surface area (Å²) < 4.78 is 44.1. The number of hydrogen-bond donors (Lipinski definition) is 1. The fraction of sp³-hybridized carbons (Fsp3) is 0.516. The molecule has 3 heterocycles. The van der Waals surface area contributed by atoms with E-state index in [1.807, 2.05) is 13.8 Å². The van der Waals surface area contributed by atoms with Crippen LogP contribution in [0.15, 0.2) is 30.6 Å². The van der Waals surface area contributed by atoms with Crippen LogP contribution in [0.4, 0.5) is 18.9 Å². The second-order valence-electron chi connectivity index (χ2n) is 11.5. The smallest absolute Gasteiger partial charge is 0.342 e. The number of carbonyl (C=O) groups is 3. The van der Waals surface area contributed by atoms with Crippen LogP contribution in [-0.2, 0) is 24.6 Å². The topological polar surface area (TPSA) is 105 Å². The second kappa shape index (κ2) is 14.9. The molecule has 1 aliphatic heterocycles. The Kier molecular flexibility index (Phi) is 11.3. The van der Waals surface area contributed by atoms with Gasteiger partial charge in [-0.1, -0.05) is 57.6 Å². The van der Waals surface area contributed by atoms with Gasteiger partial charge in [0.2, 0.25) is 6.41 Å². The van der Waals surface area contributed by atoms with Crippen LogP contribution in [0.1, 0.15) is 79.0 Å². The molecule has 3 amide bonds. The molecule has 14 heteroatoms. The van der Waals surface area contributed by atoms with Crippen molar-refractivity contribution in [2.24, 2.45) is 13.0 Å². The van der Waals surface area contributed by atoms with E-state index in [4.69, 9.17) is 11.6 Å². The number of nitrogens with one attached hydrogen (secondary N) is 1. The third-order valence-electron chi connectivity index (χ3n) is 7.99. The molecule has 45 heavy (non-hydrogen) atoms. The van der Waals surface area contributed by atoms with Crippen LogP contribution < -0.4 is 5.32 Å². The quantitative estimate of drug-likeness (QED) is 0.281. The van der Waals surface area contributed by atoms with Gasteiger partial charge < -0.3 is 19.7 Å². The first kappa shape index (κ1) is 34.0. The highest BCUT2D eigenvalue weighted by molar-refractivity contribution is 6.34. The highest BCUT2D eigenvalue weighted by atomic mass is 35.5. The molecule has 1 aliphatic carbocycles. The summed E-state index contributed by atoms with van der Waals surface area (Å²) in [4.78, 5) is 44.1. The minimum Gasteiger partial charge on any atom is -0.342 e. The summed E-state index contributed by atoms with van der Waals surface area (Å²) >= 11 is 6.36. The molecule has 1 aromatic carbocycles. The van der Waals surface area contributed by atoms with Crippen molar-refractivity contribution in [3.8, 4) is 11.3 Å². The molecular weight excluding hydrogens is 611 g/mol. The second-order valence-corrected chi connectivity index (χ2v) is 11.9. The molecule has 1 unspecified atom stereocenters. The van der Waals surface area contributed by atoms with Crippen molar-refractivity contribution < 1.29 is 27.6 Å². The van der Waals surface area contributed by atoms with Gasteiger partial charge in [-0.15, -0.1) is 0 Å². The third kappa shape index (κ3) is 8.44. The molecule has 2 aromatic heterocycles. The SMILES string of the molecule is C1CCC1.CCCC(C)Cn1cc(-c2cnc(C(=O)Nc3ccc(C(=O)N4CCN(C=O)CC4)c(Cl)c3)n2C)c(C(F)(F)F)n1. The number of piperazine rings is 1. The average Bonchev–Trinajstić information content (AvgIpc) is 3.55. The molecule has 3 aromatic rings. The first-order valence-corrected chi connectivity index (χ1v) is 15.6. The zero-order valence-electron chi connectivity index (χ0n) is 25.7. The number of nitrogens with zero attached hydrogens (tertiary/aromatic N) is 6. The van der Waals surface area contributed by atoms with Crippen molar-refractivity contribution in [1.82, 2.24) is 29.1 Å². The number of alkyl halides is 3. The third-order valence-corrected chi connectivity index (χ3v) is 8.30. The Bertz CT molecular complexity index is 1490. The molecule has 10 nitrogen and oxygen atoms in total. The summed E-state index contributed by atoms with van der Waals surface area (Å²) in [6.07, 6.45) is 6.35. The fourth-order valence-corrected chi connectivity index (χ4v) is 5.35. The maximum Gasteiger partial charge on any atom is 0.435 e. The molecule has 0 spiro atoms. The summed E-state index contributed by atoms with van der Waals surface area (Å²) in [7, 11) is 1.45. The molecule has 1 atom stereocenters. The zero-order valence-corrected chi connectivity index (χ0v) is 26.5. The van der Waals surface area contributed by atoms with E-state index in [9.17, 15) is 27.6 Å². The van der Waals surface area contributed by atoms with Crippen LogP contribution in [0.5, 0.6) is 0 Å². The van der Waals surface area contributed by atoms with E-state index in [0.717, 1.165) is 19.3 Å². The lowest BCUT2D eigenvalue weighted by Gasteiger charge is -2.32. The van der Waals surface area contributed by atoms with Gasteiger partial charge in [-0.3, -0.25) is 19.1 Å². The molecule has 5 rings (SSSR count). The summed E-state index contributed by atoms with van der Waals surface area (Å²) in [5.74, 6) is -0.943. The Morgan fingerprint density at radius 1 is 1.11 bits per heavy atom. The number of carbonyl (C=O) groups excluding carboxylic acids is 3. The summed E-state index contributed by atoms with van der Waals surface area (Å²) in [6.45, 7) is 5.90. The van der Waals surface area contributed by atoms with Crippen LogP contribution >= 0.6 is 11.6 Å². The number of aromatic nitrogens is 4. The van der Waals surface area contributed by atoms with Gasteiger partial charge >= 0.3 is 6.18 Å². The molecule has 0 bridgehead atoms. The predicted molar refractivity (Wildman–Crippen MR) is 165 cm³/mol. The normalized spacial score (nSPS) is 15.5. The maximum atomic E-state index is 13.9. The van der Waals surface area contributed by atoms with Crippen molar-refractivity contribution in [2.45, 2.75) is 65.1 Å².